The summed E-state index contributed by atoms with van der Waals surface area (Å²) in [5.74, 6) is -0.367. The number of carbonyl (C=O) groups excluding carboxylic acids is 1. The van der Waals surface area contributed by atoms with E-state index in [2.05, 4.69) is 10.4 Å². The second-order valence-electron chi connectivity index (χ2n) is 5.63. The topological polar surface area (TPSA) is 46.9 Å². The van der Waals surface area contributed by atoms with Crippen LogP contribution in [-0.4, -0.2) is 15.7 Å². The highest BCUT2D eigenvalue weighted by Crippen LogP contribution is 2.21. The Balaban J connectivity index is 1.56. The fourth-order valence-corrected chi connectivity index (χ4v) is 3.27. The molecule has 4 nitrogen and oxygen atoms in total. The van der Waals surface area contributed by atoms with Gasteiger partial charge in [-0.25, -0.2) is 4.39 Å². The molecule has 0 radical (unpaired) electrons. The zero-order valence-corrected chi connectivity index (χ0v) is 14.0. The Morgan fingerprint density at radius 3 is 2.76 bits per heavy atom. The number of rotatable bonds is 4. The number of fused-ring (bicyclic) bond motifs is 1. The van der Waals surface area contributed by atoms with Gasteiger partial charge in [0.15, 0.2) is 0 Å². The molecule has 0 aliphatic rings. The van der Waals surface area contributed by atoms with Crippen molar-refractivity contribution in [2.75, 3.05) is 5.32 Å². The molecule has 25 heavy (non-hydrogen) atoms. The van der Waals surface area contributed by atoms with Gasteiger partial charge in [0, 0.05) is 11.1 Å². The third-order valence-electron chi connectivity index (χ3n) is 3.89. The monoisotopic (exact) mass is 351 g/mol. The van der Waals surface area contributed by atoms with Crippen molar-refractivity contribution in [2.45, 2.75) is 6.54 Å². The summed E-state index contributed by atoms with van der Waals surface area (Å²) in [6.07, 6.45) is 1.76. The van der Waals surface area contributed by atoms with Gasteiger partial charge >= 0.3 is 0 Å². The number of carbonyl (C=O) groups is 1. The predicted molar refractivity (Wildman–Crippen MR) is 97.5 cm³/mol. The molecular formula is C19H14FN3OS. The highest BCUT2D eigenvalue weighted by Gasteiger charge is 2.09. The number of nitrogens with zero attached hydrogens (tertiary/aromatic N) is 2. The van der Waals surface area contributed by atoms with Gasteiger partial charge in [-0.05, 0) is 47.3 Å². The quantitative estimate of drug-likeness (QED) is 0.587. The Kier molecular flexibility index (Phi) is 4.03. The Hall–Kier alpha value is -2.99. The van der Waals surface area contributed by atoms with Gasteiger partial charge in [0.05, 0.1) is 23.1 Å². The smallest absolute Gasteiger partial charge is 0.265 e. The molecular weight excluding hydrogens is 337 g/mol. The van der Waals surface area contributed by atoms with E-state index in [1.54, 1.807) is 24.4 Å². The molecule has 1 N–H and O–H groups in total. The number of anilines is 1. The molecule has 0 atom stereocenters. The highest BCUT2D eigenvalue weighted by atomic mass is 32.1. The third kappa shape index (κ3) is 3.29. The van der Waals surface area contributed by atoms with Crippen LogP contribution in [0.5, 0.6) is 0 Å². The predicted octanol–water partition coefficient (Wildman–Crippen LogP) is 4.54. The highest BCUT2D eigenvalue weighted by molar-refractivity contribution is 7.12. The molecule has 6 heteroatoms. The number of hydrogen-bond acceptors (Lipinski definition) is 3. The molecule has 4 rings (SSSR count). The first-order chi connectivity index (χ1) is 12.2. The van der Waals surface area contributed by atoms with Gasteiger partial charge in [0.1, 0.15) is 5.82 Å². The van der Waals surface area contributed by atoms with E-state index >= 15 is 0 Å². The maximum atomic E-state index is 13.0. The number of aromatic nitrogens is 2. The summed E-state index contributed by atoms with van der Waals surface area (Å²) >= 11 is 1.41. The molecule has 0 spiro atoms. The van der Waals surface area contributed by atoms with Crippen molar-refractivity contribution in [1.29, 1.82) is 0 Å². The van der Waals surface area contributed by atoms with Crippen LogP contribution >= 0.6 is 11.3 Å². The van der Waals surface area contributed by atoms with Gasteiger partial charge in [-0.2, -0.15) is 5.10 Å². The van der Waals surface area contributed by atoms with Crippen molar-refractivity contribution in [2.24, 2.45) is 0 Å². The second-order valence-corrected chi connectivity index (χ2v) is 6.58. The summed E-state index contributed by atoms with van der Waals surface area (Å²) in [6, 6.07) is 15.7. The third-order valence-corrected chi connectivity index (χ3v) is 4.76. The molecule has 0 bridgehead atoms. The number of amides is 1. The lowest BCUT2D eigenvalue weighted by Gasteiger charge is -2.06. The zero-order valence-electron chi connectivity index (χ0n) is 13.1. The maximum Gasteiger partial charge on any atom is 0.265 e. The number of thiophene rings is 1. The average Bonchev–Trinajstić information content (AvgIpc) is 3.27. The van der Waals surface area contributed by atoms with Gasteiger partial charge in [-0.1, -0.05) is 18.2 Å². The summed E-state index contributed by atoms with van der Waals surface area (Å²) < 4.78 is 14.9. The first-order valence-corrected chi connectivity index (χ1v) is 8.62. The first kappa shape index (κ1) is 15.5. The Labute approximate surface area is 147 Å². The molecule has 0 saturated carbocycles. The van der Waals surface area contributed by atoms with Crippen LogP contribution in [0.2, 0.25) is 0 Å². The van der Waals surface area contributed by atoms with Crippen molar-refractivity contribution in [3.05, 3.63) is 82.4 Å². The number of hydrogen-bond donors (Lipinski definition) is 1. The Morgan fingerprint density at radius 2 is 2.00 bits per heavy atom. The van der Waals surface area contributed by atoms with E-state index in [9.17, 15) is 9.18 Å². The van der Waals surface area contributed by atoms with Gasteiger partial charge in [-0.15, -0.1) is 11.3 Å². The number of benzene rings is 2. The van der Waals surface area contributed by atoms with Crippen molar-refractivity contribution < 1.29 is 9.18 Å². The van der Waals surface area contributed by atoms with Crippen LogP contribution in [0.4, 0.5) is 10.1 Å². The zero-order chi connectivity index (χ0) is 17.2. The van der Waals surface area contributed by atoms with Crippen molar-refractivity contribution >= 4 is 33.8 Å². The molecule has 0 aliphatic carbocycles. The van der Waals surface area contributed by atoms with E-state index in [0.29, 0.717) is 11.4 Å². The summed E-state index contributed by atoms with van der Waals surface area (Å²) in [5, 5.41) is 10.1. The van der Waals surface area contributed by atoms with E-state index < -0.39 is 0 Å². The second kappa shape index (κ2) is 6.49. The van der Waals surface area contributed by atoms with Gasteiger partial charge < -0.3 is 5.32 Å². The Bertz CT molecular complexity index is 1020. The van der Waals surface area contributed by atoms with Crippen LogP contribution in [0.25, 0.3) is 10.9 Å². The lowest BCUT2D eigenvalue weighted by atomic mass is 10.2. The summed E-state index contributed by atoms with van der Waals surface area (Å²) in [5.41, 5.74) is 2.66. The minimum atomic E-state index is -0.250. The molecule has 4 aromatic rings. The molecule has 1 amide bonds. The molecule has 124 valence electrons. The van der Waals surface area contributed by atoms with E-state index in [0.717, 1.165) is 22.2 Å². The summed E-state index contributed by atoms with van der Waals surface area (Å²) in [7, 11) is 0. The molecule has 0 unspecified atom stereocenters. The van der Waals surface area contributed by atoms with E-state index in [4.69, 9.17) is 0 Å². The first-order valence-electron chi connectivity index (χ1n) is 7.74. The molecule has 2 aromatic carbocycles. The normalized spacial score (nSPS) is 10.9. The van der Waals surface area contributed by atoms with Gasteiger partial charge in [0.2, 0.25) is 0 Å². The molecule has 0 saturated heterocycles. The summed E-state index contributed by atoms with van der Waals surface area (Å²) in [6.45, 7) is 0.560. The molecule has 0 fully saturated rings. The molecule has 0 aliphatic heterocycles. The lowest BCUT2D eigenvalue weighted by molar-refractivity contribution is 0.103. The largest absolute Gasteiger partial charge is 0.321 e. The van der Waals surface area contributed by atoms with Crippen molar-refractivity contribution in [3.8, 4) is 0 Å². The fraction of sp³-hybridized carbons (Fsp3) is 0.0526. The molecule has 2 heterocycles. The lowest BCUT2D eigenvalue weighted by Crippen LogP contribution is -2.09. The van der Waals surface area contributed by atoms with Crippen LogP contribution in [0, 0.1) is 5.82 Å². The van der Waals surface area contributed by atoms with Crippen LogP contribution < -0.4 is 5.32 Å². The standard InChI is InChI=1S/C19H14FN3OS/c20-15-5-3-13(4-6-15)12-23-17-8-7-16(10-14(17)11-21-23)22-19(24)18-2-1-9-25-18/h1-11H,12H2,(H,22,24). The molecule has 2 aromatic heterocycles. The van der Waals surface area contributed by atoms with Crippen molar-refractivity contribution in [1.82, 2.24) is 9.78 Å². The minimum Gasteiger partial charge on any atom is -0.321 e. The van der Waals surface area contributed by atoms with E-state index in [1.165, 1.54) is 23.5 Å². The van der Waals surface area contributed by atoms with Crippen molar-refractivity contribution in [3.63, 3.8) is 0 Å². The summed E-state index contributed by atoms with van der Waals surface area (Å²) in [4.78, 5) is 12.8. The van der Waals surface area contributed by atoms with E-state index in [-0.39, 0.29) is 11.7 Å². The van der Waals surface area contributed by atoms with Crippen LogP contribution in [0.15, 0.2) is 66.2 Å². The number of halogens is 1. The average molecular weight is 351 g/mol. The fourth-order valence-electron chi connectivity index (χ4n) is 2.65. The van der Waals surface area contributed by atoms with Gasteiger partial charge in [0.25, 0.3) is 5.91 Å². The van der Waals surface area contributed by atoms with Crippen LogP contribution in [-0.2, 0) is 6.54 Å². The Morgan fingerprint density at radius 1 is 1.16 bits per heavy atom. The maximum absolute atomic E-state index is 13.0. The van der Waals surface area contributed by atoms with Gasteiger partial charge in [-0.3, -0.25) is 9.48 Å². The van der Waals surface area contributed by atoms with Crippen LogP contribution in [0.1, 0.15) is 15.2 Å². The van der Waals surface area contributed by atoms with Crippen LogP contribution in [0.3, 0.4) is 0 Å². The SMILES string of the molecule is O=C(Nc1ccc2c(cnn2Cc2ccc(F)cc2)c1)c1cccs1. The van der Waals surface area contributed by atoms with E-state index in [1.807, 2.05) is 34.3 Å². The number of nitrogens with one attached hydrogen (secondary N) is 1. The minimum absolute atomic E-state index is 0.118.